The second-order valence-corrected chi connectivity index (χ2v) is 5.51. The summed E-state index contributed by atoms with van der Waals surface area (Å²) < 4.78 is 40.5. The molecule has 1 nitrogen and oxygen atoms in total. The van der Waals surface area contributed by atoms with Crippen molar-refractivity contribution in [3.05, 3.63) is 67.5 Å². The Morgan fingerprint density at radius 2 is 1.63 bits per heavy atom. The average Bonchev–Trinajstić information content (AvgIpc) is 2.36. The number of hydrogen-bond donors (Lipinski definition) is 1. The Kier molecular flexibility index (Phi) is 4.37. The minimum atomic E-state index is -1.24. The van der Waals surface area contributed by atoms with Crippen LogP contribution in [0.3, 0.4) is 0 Å². The molecule has 0 aliphatic carbocycles. The van der Waals surface area contributed by atoms with E-state index in [9.17, 15) is 13.2 Å². The molecule has 2 aromatic carbocycles. The molecule has 0 bridgehead atoms. The van der Waals surface area contributed by atoms with Crippen molar-refractivity contribution in [1.29, 1.82) is 0 Å². The van der Waals surface area contributed by atoms with Crippen LogP contribution in [0, 0.1) is 21.0 Å². The van der Waals surface area contributed by atoms with E-state index >= 15 is 0 Å². The van der Waals surface area contributed by atoms with Gasteiger partial charge in [0.25, 0.3) is 0 Å². The summed E-state index contributed by atoms with van der Waals surface area (Å²) in [6, 6.07) is 5.30. The van der Waals surface area contributed by atoms with Gasteiger partial charge in [-0.1, -0.05) is 17.7 Å². The van der Waals surface area contributed by atoms with E-state index in [1.165, 1.54) is 0 Å². The molecule has 0 aromatic heterocycles. The fourth-order valence-corrected chi connectivity index (χ4v) is 2.19. The summed E-state index contributed by atoms with van der Waals surface area (Å²) in [6.07, 6.45) is 0. The van der Waals surface area contributed by atoms with Gasteiger partial charge < -0.3 is 5.73 Å². The molecule has 1 atom stereocenters. The van der Waals surface area contributed by atoms with Crippen LogP contribution in [0.25, 0.3) is 0 Å². The van der Waals surface area contributed by atoms with Gasteiger partial charge in [0.2, 0.25) is 0 Å². The lowest BCUT2D eigenvalue weighted by Gasteiger charge is -2.14. The van der Waals surface area contributed by atoms with E-state index in [1.54, 1.807) is 18.2 Å². The summed E-state index contributed by atoms with van der Waals surface area (Å²) in [4.78, 5) is 0. The Morgan fingerprint density at radius 3 is 2.26 bits per heavy atom. The van der Waals surface area contributed by atoms with Crippen LogP contribution in [0.4, 0.5) is 13.2 Å². The summed E-state index contributed by atoms with van der Waals surface area (Å²) in [7, 11) is 0. The van der Waals surface area contributed by atoms with Gasteiger partial charge in [0.15, 0.2) is 11.6 Å². The fourth-order valence-electron chi connectivity index (χ4n) is 1.66. The molecular weight excluding hydrogens is 390 g/mol. The van der Waals surface area contributed by atoms with Gasteiger partial charge in [0.05, 0.1) is 11.1 Å². The molecule has 0 radical (unpaired) electrons. The van der Waals surface area contributed by atoms with Crippen molar-refractivity contribution in [2.75, 3.05) is 0 Å². The lowest BCUT2D eigenvalue weighted by molar-refractivity contribution is 0.487. The molecule has 0 spiro atoms. The zero-order valence-electron chi connectivity index (χ0n) is 9.43. The fraction of sp³-hybridized carbons (Fsp3) is 0.0769. The Bertz CT molecular complexity index is 634. The molecule has 2 N–H and O–H groups in total. The molecular formula is C13H8ClF3IN. The van der Waals surface area contributed by atoms with Crippen molar-refractivity contribution in [1.82, 2.24) is 0 Å². The van der Waals surface area contributed by atoms with Crippen molar-refractivity contribution >= 4 is 34.2 Å². The molecule has 0 aliphatic rings. The Balaban J connectivity index is 2.46. The van der Waals surface area contributed by atoms with Crippen molar-refractivity contribution in [2.24, 2.45) is 5.73 Å². The number of benzene rings is 2. The van der Waals surface area contributed by atoms with Crippen LogP contribution < -0.4 is 5.73 Å². The molecule has 100 valence electrons. The van der Waals surface area contributed by atoms with Gasteiger partial charge in [0.1, 0.15) is 5.82 Å². The predicted molar refractivity (Wildman–Crippen MR) is 76.5 cm³/mol. The van der Waals surface area contributed by atoms with Gasteiger partial charge in [-0.25, -0.2) is 13.2 Å². The third kappa shape index (κ3) is 3.04. The van der Waals surface area contributed by atoms with E-state index in [0.717, 1.165) is 9.64 Å². The van der Waals surface area contributed by atoms with E-state index in [0.29, 0.717) is 16.7 Å². The van der Waals surface area contributed by atoms with E-state index in [4.69, 9.17) is 17.3 Å². The Morgan fingerprint density at radius 1 is 1.00 bits per heavy atom. The van der Waals surface area contributed by atoms with E-state index in [2.05, 4.69) is 0 Å². The van der Waals surface area contributed by atoms with Crippen molar-refractivity contribution < 1.29 is 13.2 Å². The van der Waals surface area contributed by atoms with Crippen LogP contribution >= 0.6 is 34.2 Å². The van der Waals surface area contributed by atoms with Crippen molar-refractivity contribution in [3.8, 4) is 0 Å². The maximum Gasteiger partial charge on any atom is 0.161 e. The molecule has 2 aromatic rings. The quantitative estimate of drug-likeness (QED) is 0.590. The normalized spacial score (nSPS) is 12.5. The lowest BCUT2D eigenvalue weighted by Crippen LogP contribution is -2.14. The highest BCUT2D eigenvalue weighted by molar-refractivity contribution is 14.1. The van der Waals surface area contributed by atoms with Gasteiger partial charge in [-0.05, 0) is 46.4 Å². The molecule has 0 aliphatic heterocycles. The first-order valence-electron chi connectivity index (χ1n) is 5.25. The molecule has 0 amide bonds. The smallest absolute Gasteiger partial charge is 0.161 e. The van der Waals surface area contributed by atoms with Gasteiger partial charge in [-0.3, -0.25) is 0 Å². The van der Waals surface area contributed by atoms with Gasteiger partial charge >= 0.3 is 0 Å². The van der Waals surface area contributed by atoms with Crippen LogP contribution in [0.15, 0.2) is 30.3 Å². The highest BCUT2D eigenvalue weighted by Crippen LogP contribution is 2.28. The van der Waals surface area contributed by atoms with Crippen LogP contribution in [0.2, 0.25) is 5.02 Å². The Labute approximate surface area is 126 Å². The predicted octanol–water partition coefficient (Wildman–Crippen LogP) is 4.41. The molecule has 1 unspecified atom stereocenters. The maximum atomic E-state index is 13.6. The summed E-state index contributed by atoms with van der Waals surface area (Å²) in [6.45, 7) is 0. The Hall–Kier alpha value is -0.790. The minimum absolute atomic E-state index is 0.115. The van der Waals surface area contributed by atoms with Crippen LogP contribution in [-0.4, -0.2) is 0 Å². The number of nitrogens with two attached hydrogens (primary N) is 1. The van der Waals surface area contributed by atoms with Crippen molar-refractivity contribution in [2.45, 2.75) is 6.04 Å². The third-order valence-corrected chi connectivity index (χ3v) is 4.25. The second-order valence-electron chi connectivity index (χ2n) is 3.94. The first-order chi connectivity index (χ1) is 8.90. The summed E-state index contributed by atoms with van der Waals surface area (Å²) in [5, 5.41) is 0.469. The first kappa shape index (κ1) is 14.6. The largest absolute Gasteiger partial charge is 0.320 e. The minimum Gasteiger partial charge on any atom is -0.320 e. The average molecular weight is 398 g/mol. The van der Waals surface area contributed by atoms with Crippen molar-refractivity contribution in [3.63, 3.8) is 0 Å². The highest BCUT2D eigenvalue weighted by atomic mass is 127. The zero-order valence-corrected chi connectivity index (χ0v) is 12.3. The van der Waals surface area contributed by atoms with Gasteiger partial charge in [-0.2, -0.15) is 0 Å². The summed E-state index contributed by atoms with van der Waals surface area (Å²) in [5.74, 6) is -3.27. The third-order valence-electron chi connectivity index (χ3n) is 2.68. The number of halogens is 5. The summed E-state index contributed by atoms with van der Waals surface area (Å²) >= 11 is 7.99. The molecule has 0 heterocycles. The van der Waals surface area contributed by atoms with E-state index in [1.807, 2.05) is 22.6 Å². The van der Waals surface area contributed by atoms with E-state index in [-0.39, 0.29) is 5.56 Å². The number of rotatable bonds is 2. The van der Waals surface area contributed by atoms with Crippen LogP contribution in [0.1, 0.15) is 17.2 Å². The van der Waals surface area contributed by atoms with E-state index < -0.39 is 23.5 Å². The number of hydrogen-bond acceptors (Lipinski definition) is 1. The SMILES string of the molecule is NC(c1ccc(I)c(Cl)c1)c1cc(F)c(F)cc1F. The zero-order chi connectivity index (χ0) is 14.2. The summed E-state index contributed by atoms with van der Waals surface area (Å²) in [5.41, 5.74) is 6.27. The second kappa shape index (κ2) is 5.68. The first-order valence-corrected chi connectivity index (χ1v) is 6.71. The topological polar surface area (TPSA) is 26.0 Å². The molecule has 2 rings (SSSR count). The molecule has 0 saturated heterocycles. The highest BCUT2D eigenvalue weighted by Gasteiger charge is 2.18. The molecule has 0 saturated carbocycles. The standard InChI is InChI=1S/C13H8ClF3IN/c14-8-3-6(1-2-12(8)18)13(19)7-4-10(16)11(17)5-9(7)15/h1-5,13H,19H2. The lowest BCUT2D eigenvalue weighted by atomic mass is 9.99. The van der Waals surface area contributed by atoms with Crippen LogP contribution in [0.5, 0.6) is 0 Å². The monoisotopic (exact) mass is 397 g/mol. The molecule has 0 fully saturated rings. The van der Waals surface area contributed by atoms with Crippen LogP contribution in [-0.2, 0) is 0 Å². The van der Waals surface area contributed by atoms with Gasteiger partial charge in [0, 0.05) is 15.2 Å². The maximum absolute atomic E-state index is 13.6. The van der Waals surface area contributed by atoms with Gasteiger partial charge in [-0.15, -0.1) is 0 Å². The molecule has 6 heteroatoms. The molecule has 19 heavy (non-hydrogen) atoms.